The van der Waals surface area contributed by atoms with Gasteiger partial charge in [-0.15, -0.1) is 0 Å². The summed E-state index contributed by atoms with van der Waals surface area (Å²) in [6, 6.07) is 5.99. The van der Waals surface area contributed by atoms with Gasteiger partial charge in [-0.05, 0) is 37.0 Å². The average molecular weight is 448 g/mol. The number of benzene rings is 1. The lowest BCUT2D eigenvalue weighted by Gasteiger charge is -2.27. The molecule has 1 aromatic rings. The van der Waals surface area contributed by atoms with E-state index in [0.717, 1.165) is 0 Å². The number of nitrogens with one attached hydrogen (secondary N) is 1. The number of para-hydroxylation sites is 1. The maximum absolute atomic E-state index is 13.1. The molecule has 1 aliphatic rings. The zero-order valence-electron chi connectivity index (χ0n) is 17.2. The molecule has 1 aromatic carbocycles. The maximum atomic E-state index is 13.1. The van der Waals surface area contributed by atoms with Crippen LogP contribution < -0.4 is 10.1 Å². The first-order valence-electron chi connectivity index (χ1n) is 9.76. The van der Waals surface area contributed by atoms with E-state index in [1.54, 1.807) is 40.9 Å². The van der Waals surface area contributed by atoms with E-state index in [1.165, 1.54) is 12.0 Å². The molecule has 168 valence electrons. The molecule has 0 spiro atoms. The Morgan fingerprint density at radius 1 is 1.20 bits per heavy atom. The van der Waals surface area contributed by atoms with E-state index in [1.807, 2.05) is 6.26 Å². The zero-order chi connectivity index (χ0) is 22.1. The lowest BCUT2D eigenvalue weighted by molar-refractivity contribution is -0.145. The average Bonchev–Trinajstić information content (AvgIpc) is 2.94. The van der Waals surface area contributed by atoms with Gasteiger partial charge in [0.2, 0.25) is 5.91 Å². The van der Waals surface area contributed by atoms with Crippen LogP contribution in [0, 0.1) is 0 Å². The molecule has 1 aliphatic heterocycles. The highest BCUT2D eigenvalue weighted by molar-refractivity contribution is 7.98. The van der Waals surface area contributed by atoms with Crippen molar-refractivity contribution in [3.8, 4) is 5.75 Å². The molecule has 0 bridgehead atoms. The highest BCUT2D eigenvalue weighted by atomic mass is 32.2. The molecule has 10 heteroatoms. The van der Waals surface area contributed by atoms with Crippen molar-refractivity contribution in [2.75, 3.05) is 51.8 Å². The van der Waals surface area contributed by atoms with Crippen molar-refractivity contribution in [3.63, 3.8) is 0 Å². The fourth-order valence-corrected chi connectivity index (χ4v) is 3.86. The van der Waals surface area contributed by atoms with Crippen molar-refractivity contribution in [2.24, 2.45) is 0 Å². The van der Waals surface area contributed by atoms with Gasteiger partial charge in [0.15, 0.2) is 0 Å². The minimum Gasteiger partial charge on any atom is -0.496 e. The van der Waals surface area contributed by atoms with E-state index in [9.17, 15) is 22.8 Å². The quantitative estimate of drug-likeness (QED) is 0.664. The molecule has 1 N–H and O–H groups in total. The molecule has 1 unspecified atom stereocenters. The summed E-state index contributed by atoms with van der Waals surface area (Å²) in [5, 5.41) is 2.79. The predicted molar refractivity (Wildman–Crippen MR) is 111 cm³/mol. The zero-order valence-corrected chi connectivity index (χ0v) is 18.0. The largest absolute Gasteiger partial charge is 0.496 e. The smallest absolute Gasteiger partial charge is 0.401 e. The van der Waals surface area contributed by atoms with E-state index in [4.69, 9.17) is 4.74 Å². The highest BCUT2D eigenvalue weighted by Crippen LogP contribution is 2.19. The van der Waals surface area contributed by atoms with Crippen LogP contribution in [0.15, 0.2) is 24.3 Å². The Balaban J connectivity index is 2.06. The molecule has 2 amide bonds. The van der Waals surface area contributed by atoms with E-state index in [-0.39, 0.29) is 25.5 Å². The Labute approximate surface area is 179 Å². The van der Waals surface area contributed by atoms with Gasteiger partial charge in [0.1, 0.15) is 11.8 Å². The van der Waals surface area contributed by atoms with Gasteiger partial charge in [0.25, 0.3) is 5.91 Å². The number of hydrogen-bond donors (Lipinski definition) is 1. The van der Waals surface area contributed by atoms with Gasteiger partial charge in [-0.1, -0.05) is 12.1 Å². The second-order valence-electron chi connectivity index (χ2n) is 7.08. The Hall–Kier alpha value is -1.94. The standard InChI is InChI=1S/C20H28F3N3O3S/c1-29-17-7-4-3-6-15(17)18(27)24-16(8-13-30-2)19(28)26-10-5-9-25(11-12-26)14-20(21,22)23/h3-4,6-7,16H,5,8-14H2,1-2H3,(H,24,27). The van der Waals surface area contributed by atoms with Gasteiger partial charge < -0.3 is 15.0 Å². The Kier molecular flexibility index (Phi) is 9.29. The number of halogens is 3. The molecule has 2 rings (SSSR count). The number of alkyl halides is 3. The SMILES string of the molecule is COc1ccccc1C(=O)NC(CCSC)C(=O)N1CCCN(CC(F)(F)F)CC1. The number of hydrogen-bond acceptors (Lipinski definition) is 5. The van der Waals surface area contributed by atoms with Gasteiger partial charge in [-0.25, -0.2) is 0 Å². The van der Waals surface area contributed by atoms with Crippen molar-refractivity contribution in [3.05, 3.63) is 29.8 Å². The number of ether oxygens (including phenoxy) is 1. The van der Waals surface area contributed by atoms with E-state index < -0.39 is 24.7 Å². The molecule has 0 aromatic heterocycles. The molecule has 0 saturated carbocycles. The Bertz CT molecular complexity index is 718. The van der Waals surface area contributed by atoms with Crippen LogP contribution in [0.5, 0.6) is 5.75 Å². The van der Waals surface area contributed by atoms with Crippen molar-refractivity contribution < 1.29 is 27.5 Å². The number of nitrogens with zero attached hydrogens (tertiary/aromatic N) is 2. The molecule has 1 atom stereocenters. The van der Waals surface area contributed by atoms with Gasteiger partial charge in [0.05, 0.1) is 19.2 Å². The summed E-state index contributed by atoms with van der Waals surface area (Å²) in [7, 11) is 1.46. The summed E-state index contributed by atoms with van der Waals surface area (Å²) in [4.78, 5) is 28.7. The summed E-state index contributed by atoms with van der Waals surface area (Å²) in [6.07, 6.45) is -1.46. The third kappa shape index (κ3) is 7.39. The molecule has 0 radical (unpaired) electrons. The van der Waals surface area contributed by atoms with Gasteiger partial charge in [0, 0.05) is 26.2 Å². The summed E-state index contributed by atoms with van der Waals surface area (Å²) < 4.78 is 43.3. The first-order chi connectivity index (χ1) is 14.2. The lowest BCUT2D eigenvalue weighted by atomic mass is 10.1. The van der Waals surface area contributed by atoms with Gasteiger partial charge in [-0.3, -0.25) is 14.5 Å². The van der Waals surface area contributed by atoms with Crippen LogP contribution in [0.4, 0.5) is 13.2 Å². The topological polar surface area (TPSA) is 61.9 Å². The van der Waals surface area contributed by atoms with E-state index >= 15 is 0 Å². The number of methoxy groups -OCH3 is 1. The highest BCUT2D eigenvalue weighted by Gasteiger charge is 2.33. The minimum absolute atomic E-state index is 0.154. The van der Waals surface area contributed by atoms with Crippen LogP contribution in [-0.2, 0) is 4.79 Å². The van der Waals surface area contributed by atoms with Crippen LogP contribution in [0.2, 0.25) is 0 Å². The molecule has 30 heavy (non-hydrogen) atoms. The third-order valence-electron chi connectivity index (χ3n) is 4.87. The van der Waals surface area contributed by atoms with Crippen LogP contribution in [0.3, 0.4) is 0 Å². The second kappa shape index (κ2) is 11.5. The molecule has 1 saturated heterocycles. The van der Waals surface area contributed by atoms with Gasteiger partial charge in [-0.2, -0.15) is 24.9 Å². The third-order valence-corrected chi connectivity index (χ3v) is 5.51. The second-order valence-corrected chi connectivity index (χ2v) is 8.06. The van der Waals surface area contributed by atoms with Crippen molar-refractivity contribution in [1.29, 1.82) is 0 Å². The summed E-state index contributed by atoms with van der Waals surface area (Å²) >= 11 is 1.56. The van der Waals surface area contributed by atoms with Gasteiger partial charge >= 0.3 is 6.18 Å². The summed E-state index contributed by atoms with van der Waals surface area (Å²) in [5.41, 5.74) is 0.328. The minimum atomic E-state index is -4.26. The fraction of sp³-hybridized carbons (Fsp3) is 0.600. The maximum Gasteiger partial charge on any atom is 0.401 e. The van der Waals surface area contributed by atoms with Crippen molar-refractivity contribution in [2.45, 2.75) is 25.1 Å². The van der Waals surface area contributed by atoms with Crippen molar-refractivity contribution in [1.82, 2.24) is 15.1 Å². The van der Waals surface area contributed by atoms with E-state index in [2.05, 4.69) is 5.32 Å². The molecular weight excluding hydrogens is 419 g/mol. The molecule has 1 heterocycles. The number of thioether (sulfide) groups is 1. The number of amides is 2. The molecular formula is C20H28F3N3O3S. The Morgan fingerprint density at radius 2 is 1.93 bits per heavy atom. The first kappa shape index (κ1) is 24.3. The van der Waals surface area contributed by atoms with Crippen LogP contribution in [0.25, 0.3) is 0 Å². The summed E-state index contributed by atoms with van der Waals surface area (Å²) in [5.74, 6) is 0.390. The van der Waals surface area contributed by atoms with E-state index in [0.29, 0.717) is 36.5 Å². The van der Waals surface area contributed by atoms with Crippen LogP contribution in [-0.4, -0.2) is 85.7 Å². The van der Waals surface area contributed by atoms with Crippen molar-refractivity contribution >= 4 is 23.6 Å². The van der Waals surface area contributed by atoms with Crippen LogP contribution >= 0.6 is 11.8 Å². The molecule has 1 fully saturated rings. The monoisotopic (exact) mass is 447 g/mol. The lowest BCUT2D eigenvalue weighted by Crippen LogP contribution is -2.50. The Morgan fingerprint density at radius 3 is 2.60 bits per heavy atom. The molecule has 0 aliphatic carbocycles. The number of rotatable bonds is 8. The first-order valence-corrected chi connectivity index (χ1v) is 11.1. The van der Waals surface area contributed by atoms with Crippen LogP contribution in [0.1, 0.15) is 23.2 Å². The number of carbonyl (C=O) groups excluding carboxylic acids is 2. The normalized spacial score (nSPS) is 16.6. The molecule has 6 nitrogen and oxygen atoms in total. The fourth-order valence-electron chi connectivity index (χ4n) is 3.38. The number of carbonyl (C=O) groups is 2. The predicted octanol–water partition coefficient (Wildman–Crippen LogP) is 2.64. The summed E-state index contributed by atoms with van der Waals surface area (Å²) in [6.45, 7) is 0.0332.